The molecule has 2 rings (SSSR count). The summed E-state index contributed by atoms with van der Waals surface area (Å²) in [7, 11) is 0. The molecule has 0 bridgehead atoms. The highest BCUT2D eigenvalue weighted by atomic mass is 16.5. The van der Waals surface area contributed by atoms with Crippen LogP contribution in [-0.2, 0) is 15.7 Å². The fourth-order valence-electron chi connectivity index (χ4n) is 3.01. The average Bonchev–Trinajstić information content (AvgIpc) is 3.08. The maximum atomic E-state index is 13.0. The van der Waals surface area contributed by atoms with Crippen molar-refractivity contribution >= 4 is 17.7 Å². The van der Waals surface area contributed by atoms with Gasteiger partial charge in [-0.15, -0.1) is 0 Å². The van der Waals surface area contributed by atoms with Crippen LogP contribution in [0.15, 0.2) is 6.07 Å². The minimum atomic E-state index is -0.428. The highest BCUT2D eigenvalue weighted by Crippen LogP contribution is 2.29. The fourth-order valence-corrected chi connectivity index (χ4v) is 3.01. The molecule has 2 heterocycles. The van der Waals surface area contributed by atoms with Crippen LogP contribution < -0.4 is 5.32 Å². The van der Waals surface area contributed by atoms with Crippen LogP contribution in [-0.4, -0.2) is 33.2 Å². The minimum Gasteiger partial charge on any atom is -0.462 e. The molecule has 0 fully saturated rings. The Balaban J connectivity index is 2.42. The molecule has 28 heavy (non-hydrogen) atoms. The second-order valence-corrected chi connectivity index (χ2v) is 9.05. The Bertz CT molecular complexity index is 892. The monoisotopic (exact) mass is 388 g/mol. The first-order valence-electron chi connectivity index (χ1n) is 9.56. The summed E-state index contributed by atoms with van der Waals surface area (Å²) in [5, 5.41) is 7.67. The first-order chi connectivity index (χ1) is 12.8. The quantitative estimate of drug-likeness (QED) is 0.764. The van der Waals surface area contributed by atoms with Gasteiger partial charge in [0.2, 0.25) is 0 Å². The molecule has 1 amide bonds. The first kappa shape index (κ1) is 21.7. The highest BCUT2D eigenvalue weighted by molar-refractivity contribution is 6.06. The molecule has 0 radical (unpaired) electrons. The Morgan fingerprint density at radius 3 is 2.29 bits per heavy atom. The van der Waals surface area contributed by atoms with E-state index in [9.17, 15) is 9.59 Å². The van der Waals surface area contributed by atoms with Gasteiger partial charge in [0.25, 0.3) is 5.91 Å². The van der Waals surface area contributed by atoms with E-state index in [1.165, 1.54) is 0 Å². The number of nitrogens with zero attached hydrogens (tertiary/aromatic N) is 2. The molecular formula is C21H32N4O3. The number of aromatic nitrogens is 3. The van der Waals surface area contributed by atoms with Crippen molar-refractivity contribution in [3.63, 3.8) is 0 Å². The second-order valence-electron chi connectivity index (χ2n) is 9.05. The van der Waals surface area contributed by atoms with Gasteiger partial charge in [-0.3, -0.25) is 4.79 Å². The van der Waals surface area contributed by atoms with E-state index in [-0.39, 0.29) is 23.5 Å². The van der Waals surface area contributed by atoms with Crippen molar-refractivity contribution in [1.29, 1.82) is 0 Å². The van der Waals surface area contributed by atoms with Gasteiger partial charge in [-0.05, 0) is 47.1 Å². The van der Waals surface area contributed by atoms with Gasteiger partial charge >= 0.3 is 5.97 Å². The molecule has 0 unspecified atom stereocenters. The van der Waals surface area contributed by atoms with E-state index in [4.69, 9.17) is 9.84 Å². The molecule has 0 aromatic carbocycles. The van der Waals surface area contributed by atoms with Crippen molar-refractivity contribution in [2.75, 3.05) is 11.9 Å². The SMILES string of the molecule is CCOC(=O)c1c(C)[nH]c(C(=O)Nc2cc(C(C)(C)C)nn2C(C)(C)C)c1C. The second kappa shape index (κ2) is 7.45. The molecule has 2 N–H and O–H groups in total. The van der Waals surface area contributed by atoms with E-state index in [0.717, 1.165) is 5.69 Å². The zero-order chi connectivity index (χ0) is 21.4. The molecule has 0 spiro atoms. The first-order valence-corrected chi connectivity index (χ1v) is 9.56. The number of esters is 1. The van der Waals surface area contributed by atoms with Crippen LogP contribution in [0.2, 0.25) is 0 Å². The largest absolute Gasteiger partial charge is 0.462 e. The van der Waals surface area contributed by atoms with E-state index >= 15 is 0 Å². The van der Waals surface area contributed by atoms with Gasteiger partial charge in [0, 0.05) is 17.2 Å². The summed E-state index contributed by atoms with van der Waals surface area (Å²) in [5.41, 5.74) is 2.39. The Kier molecular flexibility index (Phi) is 5.78. The number of aryl methyl sites for hydroxylation is 1. The Labute approximate surface area is 166 Å². The number of nitrogens with one attached hydrogen (secondary N) is 2. The summed E-state index contributed by atoms with van der Waals surface area (Å²) in [6.07, 6.45) is 0. The van der Waals surface area contributed by atoms with Crippen molar-refractivity contribution in [3.8, 4) is 0 Å². The third-order valence-corrected chi connectivity index (χ3v) is 4.50. The van der Waals surface area contributed by atoms with E-state index in [1.807, 2.05) is 31.5 Å². The molecule has 7 heteroatoms. The predicted molar refractivity (Wildman–Crippen MR) is 110 cm³/mol. The smallest absolute Gasteiger partial charge is 0.340 e. The molecule has 154 valence electrons. The molecule has 0 aliphatic rings. The molecule has 0 saturated carbocycles. The summed E-state index contributed by atoms with van der Waals surface area (Å²) in [4.78, 5) is 28.2. The molecule has 0 saturated heterocycles. The van der Waals surface area contributed by atoms with Gasteiger partial charge in [-0.1, -0.05) is 20.8 Å². The fraction of sp³-hybridized carbons (Fsp3) is 0.571. The van der Waals surface area contributed by atoms with E-state index in [0.29, 0.717) is 28.3 Å². The van der Waals surface area contributed by atoms with Crippen molar-refractivity contribution in [1.82, 2.24) is 14.8 Å². The number of ether oxygens (including phenoxy) is 1. The van der Waals surface area contributed by atoms with E-state index in [1.54, 1.807) is 20.8 Å². The number of carbonyl (C=O) groups is 2. The number of anilines is 1. The normalized spacial score (nSPS) is 12.2. The van der Waals surface area contributed by atoms with Crippen LogP contribution >= 0.6 is 0 Å². The average molecular weight is 389 g/mol. The number of hydrogen-bond acceptors (Lipinski definition) is 4. The van der Waals surface area contributed by atoms with Gasteiger partial charge < -0.3 is 15.0 Å². The van der Waals surface area contributed by atoms with Crippen molar-refractivity contribution in [2.45, 2.75) is 73.3 Å². The van der Waals surface area contributed by atoms with Gasteiger partial charge in [0.15, 0.2) is 0 Å². The van der Waals surface area contributed by atoms with Crippen LogP contribution in [0.5, 0.6) is 0 Å². The molecule has 0 aliphatic heterocycles. The van der Waals surface area contributed by atoms with Crippen LogP contribution in [0.3, 0.4) is 0 Å². The van der Waals surface area contributed by atoms with Gasteiger partial charge in [-0.2, -0.15) is 5.10 Å². The summed E-state index contributed by atoms with van der Waals surface area (Å²) in [6, 6.07) is 1.90. The van der Waals surface area contributed by atoms with Crippen molar-refractivity contribution in [3.05, 3.63) is 34.3 Å². The summed E-state index contributed by atoms with van der Waals surface area (Å²) in [5.74, 6) is -0.128. The third-order valence-electron chi connectivity index (χ3n) is 4.50. The van der Waals surface area contributed by atoms with Crippen LogP contribution in [0.4, 0.5) is 5.82 Å². The number of hydrogen-bond donors (Lipinski definition) is 2. The zero-order valence-electron chi connectivity index (χ0n) is 18.4. The summed E-state index contributed by atoms with van der Waals surface area (Å²) < 4.78 is 6.92. The van der Waals surface area contributed by atoms with Crippen molar-refractivity contribution in [2.24, 2.45) is 0 Å². The van der Waals surface area contributed by atoms with Crippen LogP contribution in [0.1, 0.15) is 86.3 Å². The van der Waals surface area contributed by atoms with Crippen LogP contribution in [0.25, 0.3) is 0 Å². The Morgan fingerprint density at radius 2 is 1.79 bits per heavy atom. The summed E-state index contributed by atoms with van der Waals surface area (Å²) in [6.45, 7) is 17.9. The van der Waals surface area contributed by atoms with Gasteiger partial charge in [0.1, 0.15) is 11.5 Å². The Hall–Kier alpha value is -2.57. The zero-order valence-corrected chi connectivity index (χ0v) is 18.4. The lowest BCUT2D eigenvalue weighted by Gasteiger charge is -2.23. The standard InChI is InChI=1S/C21H32N4O3/c1-10-28-19(27)16-12(2)17(22-13(16)3)18(26)23-15-11-14(20(4,5)6)24-25(15)21(7,8)9/h11,22H,10H2,1-9H3,(H,23,26). The lowest BCUT2D eigenvalue weighted by Crippen LogP contribution is -2.27. The maximum Gasteiger partial charge on any atom is 0.340 e. The molecule has 0 aliphatic carbocycles. The number of carbonyl (C=O) groups excluding carboxylic acids is 2. The number of H-pyrrole nitrogens is 1. The van der Waals surface area contributed by atoms with Crippen LogP contribution in [0, 0.1) is 13.8 Å². The highest BCUT2D eigenvalue weighted by Gasteiger charge is 2.28. The molecule has 7 nitrogen and oxygen atoms in total. The third kappa shape index (κ3) is 4.29. The number of amides is 1. The summed E-state index contributed by atoms with van der Waals surface area (Å²) >= 11 is 0. The molecule has 0 atom stereocenters. The van der Waals surface area contributed by atoms with E-state index in [2.05, 4.69) is 31.1 Å². The van der Waals surface area contributed by atoms with Gasteiger partial charge in [0.05, 0.1) is 23.4 Å². The maximum absolute atomic E-state index is 13.0. The molecule has 2 aromatic heterocycles. The lowest BCUT2D eigenvalue weighted by molar-refractivity contribution is 0.0525. The van der Waals surface area contributed by atoms with E-state index < -0.39 is 5.97 Å². The molecular weight excluding hydrogens is 356 g/mol. The number of rotatable bonds is 4. The van der Waals surface area contributed by atoms with Crippen molar-refractivity contribution < 1.29 is 14.3 Å². The Morgan fingerprint density at radius 1 is 1.18 bits per heavy atom. The topological polar surface area (TPSA) is 89.0 Å². The van der Waals surface area contributed by atoms with Gasteiger partial charge in [-0.25, -0.2) is 9.48 Å². The lowest BCUT2D eigenvalue weighted by atomic mass is 9.92. The predicted octanol–water partition coefficient (Wildman–Crippen LogP) is 4.31. The minimum absolute atomic E-state index is 0.147. The molecule has 2 aromatic rings. The number of aromatic amines is 1.